The minimum atomic E-state index is -1.50. The van der Waals surface area contributed by atoms with Crippen molar-refractivity contribution in [2.24, 2.45) is 0 Å². The Kier molecular flexibility index (Phi) is 5.50. The summed E-state index contributed by atoms with van der Waals surface area (Å²) in [5, 5.41) is 13.6. The third kappa shape index (κ3) is 4.63. The molecule has 0 saturated carbocycles. The summed E-state index contributed by atoms with van der Waals surface area (Å²) in [6.45, 7) is 0. The molecule has 1 aliphatic heterocycles. The average molecular weight is 213 g/mol. The zero-order valence-corrected chi connectivity index (χ0v) is 7.79. The van der Waals surface area contributed by atoms with Crippen molar-refractivity contribution in [1.82, 2.24) is 0 Å². The van der Waals surface area contributed by atoms with Gasteiger partial charge in [-0.05, 0) is 24.1 Å². The first-order valence-corrected chi connectivity index (χ1v) is 3.93. The van der Waals surface area contributed by atoms with Crippen LogP contribution >= 0.6 is 0 Å². The molecule has 0 aromatic heterocycles. The van der Waals surface area contributed by atoms with Gasteiger partial charge in [0, 0.05) is 0 Å². The topological polar surface area (TPSA) is 104 Å². The van der Waals surface area contributed by atoms with Gasteiger partial charge < -0.3 is 15.4 Å². The van der Waals surface area contributed by atoms with E-state index in [-0.39, 0.29) is 5.48 Å². The minimum absolute atomic E-state index is 0. The molecule has 0 unspecified atom stereocenters. The molecule has 0 saturated heterocycles. The first-order chi connectivity index (χ1) is 6.70. The summed E-state index contributed by atoms with van der Waals surface area (Å²) >= 11 is 0. The predicted molar refractivity (Wildman–Crippen MR) is 52.3 cm³/mol. The van der Waals surface area contributed by atoms with Crippen molar-refractivity contribution in [2.45, 2.75) is 6.42 Å². The molecule has 0 atom stereocenters. The van der Waals surface area contributed by atoms with Gasteiger partial charge in [-0.2, -0.15) is 0 Å². The number of hydrogen-bond acceptors (Lipinski definition) is 3. The predicted octanol–water partition coefficient (Wildman–Crippen LogP) is 0.963. The van der Waals surface area contributed by atoms with Crippen LogP contribution in [-0.2, 0) is 6.42 Å². The van der Waals surface area contributed by atoms with Crippen molar-refractivity contribution in [1.29, 1.82) is 0 Å². The molecule has 6 heteroatoms. The Morgan fingerprint density at radius 3 is 2.60 bits per heavy atom. The van der Waals surface area contributed by atoms with Crippen molar-refractivity contribution in [3.8, 4) is 5.75 Å². The molecule has 0 radical (unpaired) electrons. The van der Waals surface area contributed by atoms with Crippen LogP contribution < -0.4 is 4.74 Å². The molecule has 15 heavy (non-hydrogen) atoms. The molecule has 0 fully saturated rings. The lowest BCUT2D eigenvalue weighted by atomic mass is 10.1. The standard InChI is InChI=1S/C9H8O.HNO3.H2O/c1-2-6-9-8(4-1)5-3-7-10-9;2-1(3)4;/h1-4,6-7H,5H2;(H,2,3,4);1H2. The average Bonchev–Trinajstić information content (AvgIpc) is 2.17. The molecule has 1 heterocycles. The highest BCUT2D eigenvalue weighted by Gasteiger charge is 2.02. The zero-order chi connectivity index (χ0) is 10.4. The third-order valence-electron chi connectivity index (χ3n) is 1.60. The van der Waals surface area contributed by atoms with Crippen LogP contribution in [0.2, 0.25) is 0 Å². The fourth-order valence-electron chi connectivity index (χ4n) is 1.08. The molecule has 82 valence electrons. The number of rotatable bonds is 0. The van der Waals surface area contributed by atoms with Crippen molar-refractivity contribution in [3.05, 3.63) is 52.3 Å². The first kappa shape index (κ1) is 12.9. The maximum absolute atomic E-state index is 8.36. The Balaban J connectivity index is 0.000000346. The van der Waals surface area contributed by atoms with E-state index in [1.807, 2.05) is 24.3 Å². The van der Waals surface area contributed by atoms with E-state index in [1.165, 1.54) is 5.56 Å². The maximum Gasteiger partial charge on any atom is 0.291 e. The van der Waals surface area contributed by atoms with Crippen LogP contribution in [0.3, 0.4) is 0 Å². The summed E-state index contributed by atoms with van der Waals surface area (Å²) in [7, 11) is 0. The lowest BCUT2D eigenvalue weighted by molar-refractivity contribution is -0.742. The number of ether oxygens (including phenoxy) is 1. The highest BCUT2D eigenvalue weighted by Crippen LogP contribution is 2.21. The molecule has 0 spiro atoms. The summed E-state index contributed by atoms with van der Waals surface area (Å²) in [6, 6.07) is 8.08. The van der Waals surface area contributed by atoms with E-state index in [0.29, 0.717) is 0 Å². The monoisotopic (exact) mass is 213 g/mol. The zero-order valence-electron chi connectivity index (χ0n) is 7.79. The van der Waals surface area contributed by atoms with E-state index in [2.05, 4.69) is 6.07 Å². The molecule has 1 aromatic carbocycles. The molecule has 0 bridgehead atoms. The Labute approximate surface area is 85.8 Å². The van der Waals surface area contributed by atoms with Gasteiger partial charge in [0.15, 0.2) is 0 Å². The second-order valence-electron chi connectivity index (χ2n) is 2.54. The fourth-order valence-corrected chi connectivity index (χ4v) is 1.08. The van der Waals surface area contributed by atoms with Gasteiger partial charge in [-0.3, -0.25) is 0 Å². The van der Waals surface area contributed by atoms with Crippen molar-refractivity contribution in [2.75, 3.05) is 0 Å². The maximum atomic E-state index is 8.36. The number of allylic oxidation sites excluding steroid dienone is 1. The molecular formula is C9H11NO5. The van der Waals surface area contributed by atoms with Crippen LogP contribution in [0.15, 0.2) is 36.6 Å². The second-order valence-corrected chi connectivity index (χ2v) is 2.54. The van der Waals surface area contributed by atoms with Crippen molar-refractivity contribution < 1.29 is 20.5 Å². The van der Waals surface area contributed by atoms with Crippen LogP contribution in [0.4, 0.5) is 0 Å². The van der Waals surface area contributed by atoms with E-state index >= 15 is 0 Å². The van der Waals surface area contributed by atoms with E-state index in [9.17, 15) is 0 Å². The molecule has 3 N–H and O–H groups in total. The van der Waals surface area contributed by atoms with E-state index in [4.69, 9.17) is 20.1 Å². The number of hydrogen-bond donors (Lipinski definition) is 1. The summed E-state index contributed by atoms with van der Waals surface area (Å²) in [5.74, 6) is 0.991. The molecular weight excluding hydrogens is 202 g/mol. The highest BCUT2D eigenvalue weighted by atomic mass is 16.9. The van der Waals surface area contributed by atoms with E-state index in [1.54, 1.807) is 6.26 Å². The molecule has 6 nitrogen and oxygen atoms in total. The third-order valence-corrected chi connectivity index (χ3v) is 1.60. The number of fused-ring (bicyclic) bond motifs is 1. The largest absolute Gasteiger partial charge is 0.465 e. The lowest BCUT2D eigenvalue weighted by Crippen LogP contribution is -1.94. The minimum Gasteiger partial charge on any atom is -0.465 e. The number of nitrogens with zero attached hydrogens (tertiary/aromatic N) is 1. The molecule has 1 aromatic rings. The molecule has 2 rings (SSSR count). The van der Waals surface area contributed by atoms with Crippen molar-refractivity contribution >= 4 is 0 Å². The van der Waals surface area contributed by atoms with Gasteiger partial charge >= 0.3 is 0 Å². The first-order valence-electron chi connectivity index (χ1n) is 3.93. The van der Waals surface area contributed by atoms with Crippen LogP contribution in [0.25, 0.3) is 0 Å². The van der Waals surface area contributed by atoms with E-state index in [0.717, 1.165) is 12.2 Å². The Morgan fingerprint density at radius 2 is 2.00 bits per heavy atom. The van der Waals surface area contributed by atoms with Crippen molar-refractivity contribution in [3.63, 3.8) is 0 Å². The van der Waals surface area contributed by atoms with Gasteiger partial charge in [0.05, 0.1) is 6.26 Å². The SMILES string of the molecule is C1=COc2ccccc2C1.O.O=[N+]([O-])O. The smallest absolute Gasteiger partial charge is 0.291 e. The summed E-state index contributed by atoms with van der Waals surface area (Å²) in [4.78, 5) is 8.36. The quantitative estimate of drug-likeness (QED) is 0.511. The highest BCUT2D eigenvalue weighted by molar-refractivity contribution is 5.36. The van der Waals surface area contributed by atoms with Gasteiger partial charge in [-0.1, -0.05) is 18.2 Å². The normalized spacial score (nSPS) is 10.9. The molecule has 0 amide bonds. The number of para-hydroxylation sites is 1. The molecule has 0 aliphatic carbocycles. The summed E-state index contributed by atoms with van der Waals surface area (Å²) in [6.07, 6.45) is 4.75. The summed E-state index contributed by atoms with van der Waals surface area (Å²) < 4.78 is 5.24. The fraction of sp³-hybridized carbons (Fsp3) is 0.111. The van der Waals surface area contributed by atoms with Gasteiger partial charge in [0.2, 0.25) is 0 Å². The van der Waals surface area contributed by atoms with Gasteiger partial charge in [-0.25, -0.2) is 0 Å². The van der Waals surface area contributed by atoms with Gasteiger partial charge in [0.1, 0.15) is 5.75 Å². The Bertz CT molecular complexity index is 319. The van der Waals surface area contributed by atoms with Crippen LogP contribution in [0.1, 0.15) is 5.56 Å². The van der Waals surface area contributed by atoms with E-state index < -0.39 is 5.09 Å². The second kappa shape index (κ2) is 6.39. The summed E-state index contributed by atoms with van der Waals surface area (Å²) in [5.41, 5.74) is 1.27. The molecule has 1 aliphatic rings. The lowest BCUT2D eigenvalue weighted by Gasteiger charge is -2.09. The Morgan fingerprint density at radius 1 is 1.40 bits per heavy atom. The van der Waals surface area contributed by atoms with Crippen LogP contribution in [0, 0.1) is 10.1 Å². The number of benzene rings is 1. The van der Waals surface area contributed by atoms with Gasteiger partial charge in [0.25, 0.3) is 5.09 Å². The van der Waals surface area contributed by atoms with Crippen LogP contribution in [0.5, 0.6) is 5.75 Å². The Hall–Kier alpha value is -2.08. The van der Waals surface area contributed by atoms with Gasteiger partial charge in [-0.15, -0.1) is 10.1 Å². The van der Waals surface area contributed by atoms with Crippen LogP contribution in [-0.4, -0.2) is 15.8 Å².